The third kappa shape index (κ3) is 3.09. The molecular formula is C13H23N3O2. The zero-order valence-electron chi connectivity index (χ0n) is 12.1. The van der Waals surface area contributed by atoms with Crippen LogP contribution >= 0.6 is 0 Å². The van der Waals surface area contributed by atoms with Gasteiger partial charge in [-0.25, -0.2) is 4.98 Å². The Kier molecular flexibility index (Phi) is 4.48. The summed E-state index contributed by atoms with van der Waals surface area (Å²) in [4.78, 5) is 16.4. The number of esters is 1. The number of hydrogen-bond donors (Lipinski definition) is 0. The lowest BCUT2D eigenvalue weighted by atomic mass is 9.92. The van der Waals surface area contributed by atoms with Crippen LogP contribution in [0.2, 0.25) is 0 Å². The summed E-state index contributed by atoms with van der Waals surface area (Å²) in [6.45, 7) is 10.0. The summed E-state index contributed by atoms with van der Waals surface area (Å²) in [7, 11) is 1.81. The maximum atomic E-state index is 11.9. The van der Waals surface area contributed by atoms with Gasteiger partial charge in [0.15, 0.2) is 5.82 Å². The topological polar surface area (TPSA) is 57.0 Å². The maximum absolute atomic E-state index is 11.9. The molecule has 0 aliphatic carbocycles. The van der Waals surface area contributed by atoms with Crippen LogP contribution in [0.4, 0.5) is 0 Å². The smallest absolute Gasteiger partial charge is 0.319 e. The molecule has 0 radical (unpaired) electrons. The molecule has 0 bridgehead atoms. The minimum absolute atomic E-state index is 0.267. The van der Waals surface area contributed by atoms with E-state index in [1.54, 1.807) is 11.6 Å². The summed E-state index contributed by atoms with van der Waals surface area (Å²) in [5.74, 6) is 1.65. The highest BCUT2D eigenvalue weighted by Gasteiger charge is 2.36. The van der Waals surface area contributed by atoms with Gasteiger partial charge >= 0.3 is 5.97 Å². The minimum atomic E-state index is -0.771. The highest BCUT2D eigenvalue weighted by molar-refractivity contribution is 5.81. The van der Waals surface area contributed by atoms with E-state index in [9.17, 15) is 4.79 Å². The summed E-state index contributed by atoms with van der Waals surface area (Å²) >= 11 is 0. The van der Waals surface area contributed by atoms with Crippen molar-refractivity contribution in [3.63, 3.8) is 0 Å². The third-order valence-electron chi connectivity index (χ3n) is 2.74. The van der Waals surface area contributed by atoms with E-state index >= 15 is 0 Å². The molecule has 0 saturated heterocycles. The number of hydrogen-bond acceptors (Lipinski definition) is 4. The molecule has 0 aliphatic rings. The number of aromatic nitrogens is 3. The Hall–Kier alpha value is -1.39. The molecule has 0 amide bonds. The van der Waals surface area contributed by atoms with Crippen molar-refractivity contribution in [1.29, 1.82) is 0 Å². The predicted octanol–water partition coefficient (Wildman–Crippen LogP) is 1.85. The van der Waals surface area contributed by atoms with Crippen molar-refractivity contribution in [2.75, 3.05) is 6.61 Å². The van der Waals surface area contributed by atoms with E-state index in [1.807, 2.05) is 20.9 Å². The van der Waals surface area contributed by atoms with E-state index in [0.29, 0.717) is 18.3 Å². The number of aryl methyl sites for hydroxylation is 1. The Labute approximate surface area is 109 Å². The predicted molar refractivity (Wildman–Crippen MR) is 69.2 cm³/mol. The van der Waals surface area contributed by atoms with Gasteiger partial charge in [-0.2, -0.15) is 5.10 Å². The van der Waals surface area contributed by atoms with Crippen molar-refractivity contribution in [1.82, 2.24) is 14.8 Å². The number of carbonyl (C=O) groups is 1. The summed E-state index contributed by atoms with van der Waals surface area (Å²) in [6, 6.07) is 0. The Morgan fingerprint density at radius 2 is 2.06 bits per heavy atom. The average Bonchev–Trinajstić information content (AvgIpc) is 2.59. The number of nitrogens with zero attached hydrogens (tertiary/aromatic N) is 3. The monoisotopic (exact) mass is 253 g/mol. The van der Waals surface area contributed by atoms with E-state index in [1.165, 1.54) is 0 Å². The second-order valence-electron chi connectivity index (χ2n) is 5.42. The van der Waals surface area contributed by atoms with Crippen molar-refractivity contribution in [3.8, 4) is 0 Å². The summed E-state index contributed by atoms with van der Waals surface area (Å²) < 4.78 is 6.76. The van der Waals surface area contributed by atoms with E-state index in [0.717, 1.165) is 12.2 Å². The van der Waals surface area contributed by atoms with Crippen LogP contribution in [0.25, 0.3) is 0 Å². The SMILES string of the molecule is CCOC(=O)C(C)(C)c1nc(CC(C)C)nn1C. The summed E-state index contributed by atoms with van der Waals surface area (Å²) in [5, 5.41) is 4.36. The molecule has 0 aliphatic heterocycles. The lowest BCUT2D eigenvalue weighted by molar-refractivity contribution is -0.149. The van der Waals surface area contributed by atoms with Crippen molar-refractivity contribution >= 4 is 5.97 Å². The van der Waals surface area contributed by atoms with Gasteiger partial charge in [-0.3, -0.25) is 9.48 Å². The molecule has 1 heterocycles. The standard InChI is InChI=1S/C13H23N3O2/c1-7-18-12(17)13(4,5)11-14-10(8-9(2)3)15-16(11)6/h9H,7-8H2,1-6H3. The van der Waals surface area contributed by atoms with Gasteiger partial charge in [0.1, 0.15) is 11.2 Å². The molecular weight excluding hydrogens is 230 g/mol. The fraction of sp³-hybridized carbons (Fsp3) is 0.769. The summed E-state index contributed by atoms with van der Waals surface area (Å²) in [5.41, 5.74) is -0.771. The first-order valence-electron chi connectivity index (χ1n) is 6.36. The average molecular weight is 253 g/mol. The van der Waals surface area contributed by atoms with E-state index < -0.39 is 5.41 Å². The first-order valence-corrected chi connectivity index (χ1v) is 6.36. The Morgan fingerprint density at radius 3 is 2.56 bits per heavy atom. The molecule has 0 fully saturated rings. The van der Waals surface area contributed by atoms with Crippen molar-refractivity contribution < 1.29 is 9.53 Å². The van der Waals surface area contributed by atoms with Crippen LogP contribution in [0.5, 0.6) is 0 Å². The molecule has 5 heteroatoms. The molecule has 0 atom stereocenters. The quantitative estimate of drug-likeness (QED) is 0.751. The van der Waals surface area contributed by atoms with E-state index in [2.05, 4.69) is 23.9 Å². The van der Waals surface area contributed by atoms with Crippen molar-refractivity contribution in [2.24, 2.45) is 13.0 Å². The molecule has 5 nitrogen and oxygen atoms in total. The van der Waals surface area contributed by atoms with Gasteiger partial charge < -0.3 is 4.74 Å². The van der Waals surface area contributed by atoms with Crippen LogP contribution < -0.4 is 0 Å². The molecule has 0 saturated carbocycles. The second-order valence-corrected chi connectivity index (χ2v) is 5.42. The fourth-order valence-electron chi connectivity index (χ4n) is 1.84. The third-order valence-corrected chi connectivity index (χ3v) is 2.74. The van der Waals surface area contributed by atoms with Crippen LogP contribution in [0.15, 0.2) is 0 Å². The molecule has 1 aromatic heterocycles. The van der Waals surface area contributed by atoms with Gasteiger partial charge in [0.2, 0.25) is 0 Å². The molecule has 0 aromatic carbocycles. The van der Waals surface area contributed by atoms with Crippen LogP contribution in [-0.2, 0) is 28.4 Å². The number of carbonyl (C=O) groups excluding carboxylic acids is 1. The van der Waals surface area contributed by atoms with Gasteiger partial charge in [0, 0.05) is 13.5 Å². The molecule has 0 spiro atoms. The molecule has 1 aromatic rings. The maximum Gasteiger partial charge on any atom is 0.319 e. The molecule has 102 valence electrons. The van der Waals surface area contributed by atoms with Gasteiger partial charge in [0.05, 0.1) is 6.61 Å². The summed E-state index contributed by atoms with van der Waals surface area (Å²) in [6.07, 6.45) is 0.812. The van der Waals surface area contributed by atoms with Crippen LogP contribution in [-0.4, -0.2) is 27.3 Å². The van der Waals surface area contributed by atoms with Gasteiger partial charge in [-0.05, 0) is 26.7 Å². The fourth-order valence-corrected chi connectivity index (χ4v) is 1.84. The zero-order chi connectivity index (χ0) is 13.9. The second kappa shape index (κ2) is 5.50. The lowest BCUT2D eigenvalue weighted by Gasteiger charge is -2.20. The van der Waals surface area contributed by atoms with Crippen LogP contribution in [0.3, 0.4) is 0 Å². The largest absolute Gasteiger partial charge is 0.465 e. The molecule has 0 N–H and O–H groups in total. The first kappa shape index (κ1) is 14.7. The normalized spacial score (nSPS) is 11.9. The van der Waals surface area contributed by atoms with E-state index in [-0.39, 0.29) is 5.97 Å². The molecule has 18 heavy (non-hydrogen) atoms. The zero-order valence-corrected chi connectivity index (χ0v) is 12.1. The van der Waals surface area contributed by atoms with Gasteiger partial charge in [-0.1, -0.05) is 13.8 Å². The molecule has 1 rings (SSSR count). The van der Waals surface area contributed by atoms with Crippen LogP contribution in [0.1, 0.15) is 46.3 Å². The van der Waals surface area contributed by atoms with E-state index in [4.69, 9.17) is 4.74 Å². The Balaban J connectivity index is 3.01. The minimum Gasteiger partial charge on any atom is -0.465 e. The van der Waals surface area contributed by atoms with Gasteiger partial charge in [0.25, 0.3) is 0 Å². The van der Waals surface area contributed by atoms with Crippen molar-refractivity contribution in [3.05, 3.63) is 11.6 Å². The molecule has 0 unspecified atom stereocenters. The Bertz CT molecular complexity index is 422. The number of ether oxygens (including phenoxy) is 1. The highest BCUT2D eigenvalue weighted by Crippen LogP contribution is 2.23. The first-order chi connectivity index (χ1) is 8.28. The Morgan fingerprint density at radius 1 is 1.44 bits per heavy atom. The number of rotatable bonds is 5. The van der Waals surface area contributed by atoms with Crippen LogP contribution in [0, 0.1) is 5.92 Å². The highest BCUT2D eigenvalue weighted by atomic mass is 16.5. The lowest BCUT2D eigenvalue weighted by Crippen LogP contribution is -2.34. The van der Waals surface area contributed by atoms with Crippen molar-refractivity contribution in [2.45, 2.75) is 46.5 Å². The van der Waals surface area contributed by atoms with Gasteiger partial charge in [-0.15, -0.1) is 0 Å².